The van der Waals surface area contributed by atoms with Gasteiger partial charge in [0.15, 0.2) is 11.3 Å². The molecule has 0 spiro atoms. The third-order valence-electron chi connectivity index (χ3n) is 2.85. The summed E-state index contributed by atoms with van der Waals surface area (Å²) in [4.78, 5) is 11.5. The predicted octanol–water partition coefficient (Wildman–Crippen LogP) is 3.23. The van der Waals surface area contributed by atoms with E-state index in [1.807, 2.05) is 12.1 Å². The van der Waals surface area contributed by atoms with Crippen LogP contribution in [0.2, 0.25) is 0 Å². The first-order valence-electron chi connectivity index (χ1n) is 6.36. The number of ether oxygens (including phenoxy) is 1. The van der Waals surface area contributed by atoms with E-state index in [-0.39, 0.29) is 5.56 Å². The van der Waals surface area contributed by atoms with Gasteiger partial charge in [-0.25, -0.2) is 4.79 Å². The molecule has 1 heterocycles. The van der Waals surface area contributed by atoms with Crippen LogP contribution in [-0.2, 0) is 0 Å². The van der Waals surface area contributed by atoms with E-state index in [0.29, 0.717) is 23.3 Å². The van der Waals surface area contributed by atoms with Gasteiger partial charge >= 0.3 is 5.63 Å². The molecule has 0 bridgehead atoms. The number of hydrogen-bond donors (Lipinski definition) is 0. The van der Waals surface area contributed by atoms with Crippen LogP contribution in [0.3, 0.4) is 0 Å². The summed E-state index contributed by atoms with van der Waals surface area (Å²) in [5.41, 5.74) is -0.210. The van der Waals surface area contributed by atoms with Gasteiger partial charge in [-0.15, -0.1) is 0 Å². The predicted molar refractivity (Wildman–Crippen MR) is 72.2 cm³/mol. The van der Waals surface area contributed by atoms with Crippen LogP contribution >= 0.6 is 0 Å². The molecule has 4 heteroatoms. The minimum atomic E-state index is -0.625. The lowest BCUT2D eigenvalue weighted by atomic mass is 10.2. The van der Waals surface area contributed by atoms with Crippen molar-refractivity contribution < 1.29 is 9.15 Å². The van der Waals surface area contributed by atoms with Crippen molar-refractivity contribution in [2.75, 3.05) is 6.61 Å². The quantitative estimate of drug-likeness (QED) is 0.609. The fourth-order valence-electron chi connectivity index (χ4n) is 1.84. The summed E-state index contributed by atoms with van der Waals surface area (Å²) in [5, 5.41) is 9.50. The molecule has 2 aromatic rings. The van der Waals surface area contributed by atoms with Gasteiger partial charge in [0.05, 0.1) is 6.61 Å². The molecule has 2 rings (SSSR count). The molecule has 0 aliphatic heterocycles. The van der Waals surface area contributed by atoms with Crippen molar-refractivity contribution in [3.8, 4) is 11.8 Å². The van der Waals surface area contributed by atoms with Crippen LogP contribution < -0.4 is 10.4 Å². The molecule has 19 heavy (non-hydrogen) atoms. The van der Waals surface area contributed by atoms with Crippen molar-refractivity contribution >= 4 is 11.0 Å². The molecule has 0 aliphatic rings. The summed E-state index contributed by atoms with van der Waals surface area (Å²) >= 11 is 0. The van der Waals surface area contributed by atoms with E-state index in [9.17, 15) is 4.79 Å². The first-order valence-corrected chi connectivity index (χ1v) is 6.36. The highest BCUT2D eigenvalue weighted by Gasteiger charge is 2.09. The van der Waals surface area contributed by atoms with Crippen LogP contribution in [0.5, 0.6) is 5.75 Å². The maximum absolute atomic E-state index is 11.5. The average Bonchev–Trinajstić information content (AvgIpc) is 2.43. The molecule has 0 N–H and O–H groups in total. The number of hydrogen-bond acceptors (Lipinski definition) is 4. The summed E-state index contributed by atoms with van der Waals surface area (Å²) in [5.74, 6) is 0.551. The molecule has 4 nitrogen and oxygen atoms in total. The molecule has 0 unspecified atom stereocenters. The van der Waals surface area contributed by atoms with E-state index >= 15 is 0 Å². The first-order chi connectivity index (χ1) is 9.26. The van der Waals surface area contributed by atoms with Crippen molar-refractivity contribution in [2.24, 2.45) is 0 Å². The third kappa shape index (κ3) is 2.94. The van der Waals surface area contributed by atoms with E-state index in [1.54, 1.807) is 12.1 Å². The molecular weight excluding hydrogens is 242 g/mol. The van der Waals surface area contributed by atoms with Crippen LogP contribution in [0.4, 0.5) is 0 Å². The lowest BCUT2D eigenvalue weighted by Crippen LogP contribution is -2.04. The normalized spacial score (nSPS) is 10.3. The van der Waals surface area contributed by atoms with Crippen molar-refractivity contribution in [1.29, 1.82) is 5.26 Å². The van der Waals surface area contributed by atoms with Gasteiger partial charge in [0, 0.05) is 5.39 Å². The zero-order valence-corrected chi connectivity index (χ0v) is 10.8. The Labute approximate surface area is 111 Å². The second-order valence-electron chi connectivity index (χ2n) is 4.29. The van der Waals surface area contributed by atoms with Crippen molar-refractivity contribution in [1.82, 2.24) is 0 Å². The second kappa shape index (κ2) is 6.05. The van der Waals surface area contributed by atoms with Crippen molar-refractivity contribution in [3.63, 3.8) is 0 Å². The van der Waals surface area contributed by atoms with Gasteiger partial charge in [0.25, 0.3) is 0 Å². The van der Waals surface area contributed by atoms with E-state index in [2.05, 4.69) is 6.92 Å². The largest absolute Gasteiger partial charge is 0.490 e. The van der Waals surface area contributed by atoms with Gasteiger partial charge in [-0.1, -0.05) is 31.9 Å². The SMILES string of the molecule is CCCCCOc1cccc2cc(C#N)c(=O)oc12. The van der Waals surface area contributed by atoms with Crippen LogP contribution in [0.25, 0.3) is 11.0 Å². The summed E-state index contributed by atoms with van der Waals surface area (Å²) in [7, 11) is 0. The fraction of sp³-hybridized carbons (Fsp3) is 0.333. The second-order valence-corrected chi connectivity index (χ2v) is 4.29. The summed E-state index contributed by atoms with van der Waals surface area (Å²) < 4.78 is 10.8. The Morgan fingerprint density at radius 1 is 1.37 bits per heavy atom. The van der Waals surface area contributed by atoms with Crippen molar-refractivity contribution in [2.45, 2.75) is 26.2 Å². The Bertz CT molecular complexity index is 667. The van der Waals surface area contributed by atoms with Gasteiger partial charge in [0.1, 0.15) is 11.6 Å². The zero-order chi connectivity index (χ0) is 13.7. The molecule has 1 aromatic heterocycles. The first kappa shape index (κ1) is 13.2. The highest BCUT2D eigenvalue weighted by Crippen LogP contribution is 2.25. The topological polar surface area (TPSA) is 63.2 Å². The van der Waals surface area contributed by atoms with Gasteiger partial charge in [-0.2, -0.15) is 5.26 Å². The van der Waals surface area contributed by atoms with E-state index < -0.39 is 5.63 Å². The Balaban J connectivity index is 2.32. The number of para-hydroxylation sites is 1. The van der Waals surface area contributed by atoms with Gasteiger partial charge in [-0.05, 0) is 18.6 Å². The minimum Gasteiger partial charge on any atom is -0.490 e. The highest BCUT2D eigenvalue weighted by molar-refractivity contribution is 5.83. The van der Waals surface area contributed by atoms with Crippen LogP contribution in [0.1, 0.15) is 31.7 Å². The molecular formula is C15H15NO3. The van der Waals surface area contributed by atoms with Gasteiger partial charge < -0.3 is 9.15 Å². The Morgan fingerprint density at radius 3 is 2.95 bits per heavy atom. The molecule has 0 aliphatic carbocycles. The molecule has 0 amide bonds. The van der Waals surface area contributed by atoms with Gasteiger partial charge in [-0.3, -0.25) is 0 Å². The number of benzene rings is 1. The average molecular weight is 257 g/mol. The van der Waals surface area contributed by atoms with Crippen LogP contribution in [0.15, 0.2) is 33.5 Å². The lowest BCUT2D eigenvalue weighted by Gasteiger charge is -2.07. The lowest BCUT2D eigenvalue weighted by molar-refractivity contribution is 0.304. The molecule has 98 valence electrons. The Morgan fingerprint density at radius 2 is 2.21 bits per heavy atom. The molecule has 0 radical (unpaired) electrons. The smallest absolute Gasteiger partial charge is 0.354 e. The van der Waals surface area contributed by atoms with Gasteiger partial charge in [0.2, 0.25) is 0 Å². The molecule has 0 fully saturated rings. The Kier molecular flexibility index (Phi) is 4.19. The monoisotopic (exact) mass is 257 g/mol. The van der Waals surface area contributed by atoms with E-state index in [1.165, 1.54) is 6.07 Å². The van der Waals surface area contributed by atoms with Crippen LogP contribution in [-0.4, -0.2) is 6.61 Å². The molecule has 0 saturated carbocycles. The molecule has 0 atom stereocenters. The molecule has 0 saturated heterocycles. The summed E-state index contributed by atoms with van der Waals surface area (Å²) in [6.07, 6.45) is 3.19. The van der Waals surface area contributed by atoms with Crippen LogP contribution in [0, 0.1) is 11.3 Å². The molecule has 1 aromatic carbocycles. The van der Waals surface area contributed by atoms with Crippen molar-refractivity contribution in [3.05, 3.63) is 40.2 Å². The number of unbranched alkanes of at least 4 members (excludes halogenated alkanes) is 2. The van der Waals surface area contributed by atoms with E-state index in [0.717, 1.165) is 19.3 Å². The maximum Gasteiger partial charge on any atom is 0.354 e. The van der Waals surface area contributed by atoms with E-state index in [4.69, 9.17) is 14.4 Å². The summed E-state index contributed by atoms with van der Waals surface area (Å²) in [6, 6.07) is 8.72. The fourth-order valence-corrected chi connectivity index (χ4v) is 1.84. The standard InChI is InChI=1S/C15H15NO3/c1-2-3-4-8-18-13-7-5-6-11-9-12(10-16)15(17)19-14(11)13/h5-7,9H,2-4,8H2,1H3. The highest BCUT2D eigenvalue weighted by atomic mass is 16.5. The minimum absolute atomic E-state index is 0.00985. The maximum atomic E-state index is 11.5. The number of nitriles is 1. The number of nitrogens with zero attached hydrogens (tertiary/aromatic N) is 1. The number of fused-ring (bicyclic) bond motifs is 1. The third-order valence-corrected chi connectivity index (χ3v) is 2.85. The summed E-state index contributed by atoms with van der Waals surface area (Å²) in [6.45, 7) is 2.72. The number of rotatable bonds is 5. The Hall–Kier alpha value is -2.28. The zero-order valence-electron chi connectivity index (χ0n) is 10.8.